The molecule has 0 amide bonds. The Morgan fingerprint density at radius 1 is 1.29 bits per heavy atom. The average molecular weight is 187 g/mol. The molecule has 1 aliphatic rings. The van der Waals surface area contributed by atoms with Crippen LogP contribution in [0, 0.1) is 0 Å². The van der Waals surface area contributed by atoms with Gasteiger partial charge in [0.15, 0.2) is 5.82 Å². The Bertz CT molecular complexity index is 411. The van der Waals surface area contributed by atoms with Crippen LogP contribution in [0.15, 0.2) is 24.3 Å². The van der Waals surface area contributed by atoms with Gasteiger partial charge in [-0.1, -0.05) is 23.4 Å². The molecular weight excluding hydrogens is 178 g/mol. The van der Waals surface area contributed by atoms with Crippen LogP contribution >= 0.6 is 0 Å². The van der Waals surface area contributed by atoms with Gasteiger partial charge in [0.2, 0.25) is 0 Å². The van der Waals surface area contributed by atoms with E-state index >= 15 is 0 Å². The van der Waals surface area contributed by atoms with Crippen LogP contribution in [0.3, 0.4) is 0 Å². The van der Waals surface area contributed by atoms with Crippen molar-refractivity contribution in [3.05, 3.63) is 35.7 Å². The second-order valence-corrected chi connectivity index (χ2v) is 3.33. The van der Waals surface area contributed by atoms with E-state index in [-0.39, 0.29) is 6.04 Å². The summed E-state index contributed by atoms with van der Waals surface area (Å²) in [7, 11) is 0. The van der Waals surface area contributed by atoms with Crippen LogP contribution in [0.5, 0.6) is 0 Å². The zero-order valence-corrected chi connectivity index (χ0v) is 7.44. The van der Waals surface area contributed by atoms with Crippen molar-refractivity contribution in [1.82, 2.24) is 20.6 Å². The normalized spacial score (nSPS) is 19.0. The summed E-state index contributed by atoms with van der Waals surface area (Å²) in [5.74, 6) is 0.723. The van der Waals surface area contributed by atoms with Crippen molar-refractivity contribution in [2.45, 2.75) is 12.5 Å². The van der Waals surface area contributed by atoms with Crippen LogP contribution in [0.1, 0.15) is 17.4 Å². The van der Waals surface area contributed by atoms with E-state index in [1.54, 1.807) is 0 Å². The number of tetrazole rings is 1. The summed E-state index contributed by atoms with van der Waals surface area (Å²) in [6.07, 6.45) is 0.926. The molecule has 1 aliphatic heterocycles. The van der Waals surface area contributed by atoms with Gasteiger partial charge >= 0.3 is 0 Å². The quantitative estimate of drug-likeness (QED) is 0.696. The third kappa shape index (κ3) is 1.06. The first-order valence-corrected chi connectivity index (χ1v) is 4.51. The Hall–Kier alpha value is -1.91. The fourth-order valence-corrected chi connectivity index (χ4v) is 1.77. The molecule has 1 unspecified atom stereocenters. The molecule has 1 aromatic heterocycles. The summed E-state index contributed by atoms with van der Waals surface area (Å²) in [6, 6.07) is 8.40. The molecule has 0 saturated heterocycles. The van der Waals surface area contributed by atoms with E-state index in [4.69, 9.17) is 0 Å². The Balaban J connectivity index is 1.92. The standard InChI is InChI=1S/C9H9N5/c1-2-4-7-6(3-1)5-8(10-7)9-11-13-14-12-9/h1-4,8,10H,5H2,(H,11,12,13,14). The Morgan fingerprint density at radius 3 is 3.00 bits per heavy atom. The molecule has 1 aromatic carbocycles. The number of aromatic nitrogens is 4. The lowest BCUT2D eigenvalue weighted by Crippen LogP contribution is -2.07. The monoisotopic (exact) mass is 187 g/mol. The van der Waals surface area contributed by atoms with Crippen molar-refractivity contribution >= 4 is 5.69 Å². The third-order valence-corrected chi connectivity index (χ3v) is 2.44. The van der Waals surface area contributed by atoms with Gasteiger partial charge in [-0.25, -0.2) is 0 Å². The summed E-state index contributed by atoms with van der Waals surface area (Å²) < 4.78 is 0. The highest BCUT2D eigenvalue weighted by molar-refractivity contribution is 5.56. The van der Waals surface area contributed by atoms with Gasteiger partial charge in [0.1, 0.15) is 0 Å². The van der Waals surface area contributed by atoms with Gasteiger partial charge in [-0.3, -0.25) is 0 Å². The molecule has 3 rings (SSSR count). The smallest absolute Gasteiger partial charge is 0.196 e. The van der Waals surface area contributed by atoms with Crippen molar-refractivity contribution < 1.29 is 0 Å². The molecule has 5 nitrogen and oxygen atoms in total. The Kier molecular flexibility index (Phi) is 1.50. The maximum absolute atomic E-state index is 3.97. The number of nitrogens with zero attached hydrogens (tertiary/aromatic N) is 3. The molecule has 70 valence electrons. The van der Waals surface area contributed by atoms with Crippen LogP contribution in [0.2, 0.25) is 0 Å². The predicted molar refractivity (Wildman–Crippen MR) is 50.7 cm³/mol. The number of hydrogen-bond acceptors (Lipinski definition) is 4. The molecule has 5 heteroatoms. The Morgan fingerprint density at radius 2 is 2.21 bits per heavy atom. The Labute approximate surface area is 80.5 Å². The van der Waals surface area contributed by atoms with Gasteiger partial charge in [0.05, 0.1) is 6.04 Å². The molecule has 0 spiro atoms. The zero-order chi connectivity index (χ0) is 9.38. The number of nitrogens with one attached hydrogen (secondary N) is 2. The van der Waals surface area contributed by atoms with E-state index in [0.29, 0.717) is 0 Å². The second-order valence-electron chi connectivity index (χ2n) is 3.33. The lowest BCUT2D eigenvalue weighted by Gasteiger charge is -2.04. The minimum absolute atomic E-state index is 0.158. The van der Waals surface area contributed by atoms with Gasteiger partial charge in [-0.15, -0.1) is 10.2 Å². The highest BCUT2D eigenvalue weighted by atomic mass is 15.5. The van der Waals surface area contributed by atoms with Gasteiger partial charge in [0.25, 0.3) is 0 Å². The van der Waals surface area contributed by atoms with Crippen molar-refractivity contribution in [3.63, 3.8) is 0 Å². The van der Waals surface area contributed by atoms with E-state index in [1.807, 2.05) is 12.1 Å². The summed E-state index contributed by atoms with van der Waals surface area (Å²) in [6.45, 7) is 0. The number of aromatic amines is 1. The molecule has 2 N–H and O–H groups in total. The lowest BCUT2D eigenvalue weighted by molar-refractivity contribution is 0.751. The highest BCUT2D eigenvalue weighted by Gasteiger charge is 2.24. The first-order chi connectivity index (χ1) is 6.93. The first-order valence-electron chi connectivity index (χ1n) is 4.51. The molecule has 14 heavy (non-hydrogen) atoms. The second kappa shape index (κ2) is 2.80. The third-order valence-electron chi connectivity index (χ3n) is 2.44. The molecule has 1 atom stereocenters. The predicted octanol–water partition coefficient (Wildman–Crippen LogP) is 0.909. The van der Waals surface area contributed by atoms with Gasteiger partial charge in [0, 0.05) is 12.1 Å². The lowest BCUT2D eigenvalue weighted by atomic mass is 10.1. The van der Waals surface area contributed by atoms with Gasteiger partial charge in [-0.2, -0.15) is 5.21 Å². The fourth-order valence-electron chi connectivity index (χ4n) is 1.77. The molecule has 2 aromatic rings. The number of benzene rings is 1. The van der Waals surface area contributed by atoms with E-state index in [2.05, 4.69) is 38.1 Å². The summed E-state index contributed by atoms with van der Waals surface area (Å²) in [4.78, 5) is 0. The topological polar surface area (TPSA) is 66.5 Å². The van der Waals surface area contributed by atoms with E-state index in [1.165, 1.54) is 11.3 Å². The number of para-hydroxylation sites is 1. The van der Waals surface area contributed by atoms with Crippen molar-refractivity contribution in [2.75, 3.05) is 5.32 Å². The average Bonchev–Trinajstić information content (AvgIpc) is 2.86. The largest absolute Gasteiger partial charge is 0.374 e. The van der Waals surface area contributed by atoms with Crippen LogP contribution in [0.4, 0.5) is 5.69 Å². The summed E-state index contributed by atoms with van der Waals surface area (Å²) in [5.41, 5.74) is 2.48. The van der Waals surface area contributed by atoms with Gasteiger partial charge in [-0.05, 0) is 11.6 Å². The molecule has 0 radical (unpaired) electrons. The molecule has 0 saturated carbocycles. The van der Waals surface area contributed by atoms with E-state index in [9.17, 15) is 0 Å². The van der Waals surface area contributed by atoms with Crippen molar-refractivity contribution in [1.29, 1.82) is 0 Å². The maximum atomic E-state index is 3.97. The minimum atomic E-state index is 0.158. The van der Waals surface area contributed by atoms with Crippen molar-refractivity contribution in [3.8, 4) is 0 Å². The summed E-state index contributed by atoms with van der Waals surface area (Å²) in [5, 5.41) is 17.3. The van der Waals surface area contributed by atoms with Crippen LogP contribution in [-0.4, -0.2) is 20.6 Å². The van der Waals surface area contributed by atoms with Crippen LogP contribution in [0.25, 0.3) is 0 Å². The van der Waals surface area contributed by atoms with Crippen LogP contribution in [-0.2, 0) is 6.42 Å². The SMILES string of the molecule is c1ccc2c(c1)CC(c1nn[nH]n1)N2. The summed E-state index contributed by atoms with van der Waals surface area (Å²) >= 11 is 0. The number of fused-ring (bicyclic) bond motifs is 1. The number of hydrogen-bond donors (Lipinski definition) is 2. The molecule has 0 aliphatic carbocycles. The number of H-pyrrole nitrogens is 1. The zero-order valence-electron chi connectivity index (χ0n) is 7.44. The van der Waals surface area contributed by atoms with Crippen LogP contribution < -0.4 is 5.32 Å². The molecular formula is C9H9N5. The molecule has 2 heterocycles. The first kappa shape index (κ1) is 7.49. The molecule has 0 bridgehead atoms. The fraction of sp³-hybridized carbons (Fsp3) is 0.222. The number of anilines is 1. The van der Waals surface area contributed by atoms with Crippen molar-refractivity contribution in [2.24, 2.45) is 0 Å². The number of rotatable bonds is 1. The van der Waals surface area contributed by atoms with E-state index < -0.39 is 0 Å². The minimum Gasteiger partial charge on any atom is -0.374 e. The van der Waals surface area contributed by atoms with E-state index in [0.717, 1.165) is 12.2 Å². The highest BCUT2D eigenvalue weighted by Crippen LogP contribution is 2.31. The van der Waals surface area contributed by atoms with Gasteiger partial charge < -0.3 is 5.32 Å². The maximum Gasteiger partial charge on any atom is 0.196 e. The molecule has 0 fully saturated rings.